The smallest absolute Gasteiger partial charge is 0.0336 e. The molecule has 4 heteroatoms. The molecule has 0 amide bonds. The van der Waals surface area contributed by atoms with Crippen LogP contribution in [0.25, 0.3) is 0 Å². The number of allylic oxidation sites excluding steroid dienone is 1. The summed E-state index contributed by atoms with van der Waals surface area (Å²) in [6, 6.07) is 0.600. The lowest BCUT2D eigenvalue weighted by atomic mass is 9.64. The Morgan fingerprint density at radius 2 is 1.79 bits per heavy atom. The van der Waals surface area contributed by atoms with Crippen LogP contribution in [0.4, 0.5) is 0 Å². The summed E-state index contributed by atoms with van der Waals surface area (Å²) in [6.45, 7) is 16.1. The molecule has 0 aromatic carbocycles. The second-order valence-corrected chi connectivity index (χ2v) is 13.6. The zero-order valence-electron chi connectivity index (χ0n) is 22.3. The number of hydrogen-bond donors (Lipinski definition) is 1. The van der Waals surface area contributed by atoms with Gasteiger partial charge in [0.1, 0.15) is 0 Å². The van der Waals surface area contributed by atoms with Crippen LogP contribution in [-0.4, -0.2) is 61.0 Å². The Balaban J connectivity index is 1.26. The van der Waals surface area contributed by atoms with E-state index in [1.54, 1.807) is 11.3 Å². The molecule has 2 aliphatic heterocycles. The minimum atomic E-state index is 0.419. The largest absolute Gasteiger partial charge is 0.377 e. The summed E-state index contributed by atoms with van der Waals surface area (Å²) in [5.41, 5.74) is 3.91. The SMILES string of the molecule is CC(C)[C@H](CN1CCC(C2CCC(Cl)CC2)C(C)(C)C1)NCCC1CN(C)C2=C1CCCC2. The standard InChI is InChI=1S/C29H52ClN3/c1-21(2)27(31-16-14-23-18-32(5)28-9-7-6-8-25(23)28)19-33-17-15-26(29(3,4)20-33)22-10-12-24(30)13-11-22/h21-24,26-27,31H,6-20H2,1-5H3/t22?,23?,24?,26?,27-/m0/s1. The van der Waals surface area contributed by atoms with E-state index in [9.17, 15) is 0 Å². The molecule has 1 saturated carbocycles. The van der Waals surface area contributed by atoms with Crippen molar-refractivity contribution in [3.8, 4) is 0 Å². The van der Waals surface area contributed by atoms with Gasteiger partial charge in [-0.25, -0.2) is 0 Å². The third kappa shape index (κ3) is 6.31. The molecule has 2 aliphatic carbocycles. The summed E-state index contributed by atoms with van der Waals surface area (Å²) in [4.78, 5) is 5.34. The molecular formula is C29H52ClN3. The van der Waals surface area contributed by atoms with Gasteiger partial charge in [-0.05, 0) is 106 Å². The number of rotatable bonds is 8. The van der Waals surface area contributed by atoms with Gasteiger partial charge in [-0.15, -0.1) is 11.6 Å². The van der Waals surface area contributed by atoms with Crippen molar-refractivity contribution in [2.75, 3.05) is 39.8 Å². The first-order valence-electron chi connectivity index (χ1n) is 14.3. The first-order valence-corrected chi connectivity index (χ1v) is 14.7. The predicted molar refractivity (Wildman–Crippen MR) is 143 cm³/mol. The van der Waals surface area contributed by atoms with Crippen LogP contribution in [0.2, 0.25) is 0 Å². The van der Waals surface area contributed by atoms with Gasteiger partial charge >= 0.3 is 0 Å². The van der Waals surface area contributed by atoms with Crippen LogP contribution < -0.4 is 5.32 Å². The van der Waals surface area contributed by atoms with Gasteiger partial charge in [-0.3, -0.25) is 0 Å². The maximum atomic E-state index is 6.41. The van der Waals surface area contributed by atoms with Gasteiger partial charge in [0.05, 0.1) is 0 Å². The predicted octanol–water partition coefficient (Wildman–Crippen LogP) is 6.53. The molecule has 4 rings (SSSR count). The highest BCUT2D eigenvalue weighted by Crippen LogP contribution is 2.45. The first kappa shape index (κ1) is 25.8. The summed E-state index contributed by atoms with van der Waals surface area (Å²) in [6.07, 6.45) is 13.3. The molecule has 0 bridgehead atoms. The lowest BCUT2D eigenvalue weighted by Crippen LogP contribution is -2.53. The van der Waals surface area contributed by atoms with Gasteiger partial charge in [0.2, 0.25) is 0 Å². The molecule has 1 N–H and O–H groups in total. The minimum absolute atomic E-state index is 0.419. The maximum Gasteiger partial charge on any atom is 0.0336 e. The molecule has 0 aromatic rings. The Labute approximate surface area is 210 Å². The lowest BCUT2D eigenvalue weighted by molar-refractivity contribution is 0.00482. The van der Waals surface area contributed by atoms with Crippen molar-refractivity contribution in [2.24, 2.45) is 29.1 Å². The Bertz CT molecular complexity index is 664. The van der Waals surface area contributed by atoms with E-state index in [0.717, 1.165) is 17.8 Å². The maximum absolute atomic E-state index is 6.41. The van der Waals surface area contributed by atoms with E-state index in [1.165, 1.54) is 96.9 Å². The second kappa shape index (κ2) is 11.2. The minimum Gasteiger partial charge on any atom is -0.377 e. The lowest BCUT2D eigenvalue weighted by Gasteiger charge is -2.49. The van der Waals surface area contributed by atoms with Gasteiger partial charge in [0.25, 0.3) is 0 Å². The molecule has 2 heterocycles. The van der Waals surface area contributed by atoms with E-state index < -0.39 is 0 Å². The summed E-state index contributed by atoms with van der Waals surface area (Å²) < 4.78 is 0. The zero-order valence-corrected chi connectivity index (χ0v) is 23.1. The molecule has 4 aliphatic rings. The van der Waals surface area contributed by atoms with Crippen LogP contribution in [0.1, 0.15) is 91.9 Å². The van der Waals surface area contributed by atoms with E-state index >= 15 is 0 Å². The molecule has 0 spiro atoms. The van der Waals surface area contributed by atoms with Crippen molar-refractivity contribution in [3.05, 3.63) is 11.3 Å². The number of hydrogen-bond acceptors (Lipinski definition) is 3. The van der Waals surface area contributed by atoms with Crippen LogP contribution in [-0.2, 0) is 0 Å². The number of nitrogens with one attached hydrogen (secondary N) is 1. The summed E-state index contributed by atoms with van der Waals surface area (Å²) >= 11 is 6.41. The van der Waals surface area contributed by atoms with Crippen LogP contribution >= 0.6 is 11.6 Å². The zero-order chi connectivity index (χ0) is 23.6. The third-order valence-electron chi connectivity index (χ3n) is 9.75. The summed E-state index contributed by atoms with van der Waals surface area (Å²) in [5, 5.41) is 4.45. The molecule has 33 heavy (non-hydrogen) atoms. The quantitative estimate of drug-likeness (QED) is 0.401. The van der Waals surface area contributed by atoms with Crippen molar-refractivity contribution < 1.29 is 0 Å². The highest BCUT2D eigenvalue weighted by atomic mass is 35.5. The molecule has 1 saturated heterocycles. The Morgan fingerprint density at radius 1 is 1.06 bits per heavy atom. The van der Waals surface area contributed by atoms with Crippen LogP contribution in [0.3, 0.4) is 0 Å². The van der Waals surface area contributed by atoms with Crippen LogP contribution in [0.5, 0.6) is 0 Å². The molecule has 0 aromatic heterocycles. The fraction of sp³-hybridized carbons (Fsp3) is 0.931. The van der Waals surface area contributed by atoms with E-state index in [0.29, 0.717) is 22.8 Å². The van der Waals surface area contributed by atoms with Crippen LogP contribution in [0.15, 0.2) is 11.3 Å². The molecule has 3 atom stereocenters. The molecule has 2 unspecified atom stereocenters. The number of halogens is 1. The van der Waals surface area contributed by atoms with Gasteiger partial charge in [-0.1, -0.05) is 27.7 Å². The average Bonchev–Trinajstić information content (AvgIpc) is 3.09. The van der Waals surface area contributed by atoms with Crippen molar-refractivity contribution in [1.29, 1.82) is 0 Å². The molecule has 190 valence electrons. The van der Waals surface area contributed by atoms with Gasteiger partial charge in [-0.2, -0.15) is 0 Å². The van der Waals surface area contributed by atoms with E-state index in [2.05, 4.69) is 49.9 Å². The van der Waals surface area contributed by atoms with Gasteiger partial charge in [0, 0.05) is 49.7 Å². The third-order valence-corrected chi connectivity index (χ3v) is 10.2. The Hall–Kier alpha value is -0.250. The normalized spacial score (nSPS) is 34.1. The molecule has 0 radical (unpaired) electrons. The monoisotopic (exact) mass is 477 g/mol. The number of alkyl halides is 1. The fourth-order valence-corrected chi connectivity index (χ4v) is 8.08. The second-order valence-electron chi connectivity index (χ2n) is 13.0. The van der Waals surface area contributed by atoms with Crippen LogP contribution in [0, 0.1) is 29.1 Å². The number of likely N-dealkylation sites (tertiary alicyclic amines) is 1. The van der Waals surface area contributed by atoms with E-state index in [-0.39, 0.29) is 0 Å². The van der Waals surface area contributed by atoms with Gasteiger partial charge in [0.15, 0.2) is 0 Å². The Morgan fingerprint density at radius 3 is 2.48 bits per heavy atom. The number of nitrogens with zero attached hydrogens (tertiary/aromatic N) is 2. The van der Waals surface area contributed by atoms with Crippen molar-refractivity contribution in [2.45, 2.75) is 103 Å². The van der Waals surface area contributed by atoms with Crippen molar-refractivity contribution in [1.82, 2.24) is 15.1 Å². The summed E-state index contributed by atoms with van der Waals surface area (Å²) in [7, 11) is 2.32. The Kier molecular flexibility index (Phi) is 8.77. The molecule has 2 fully saturated rings. The topological polar surface area (TPSA) is 18.5 Å². The number of piperidine rings is 1. The molecular weight excluding hydrogens is 426 g/mol. The van der Waals surface area contributed by atoms with E-state index in [4.69, 9.17) is 11.6 Å². The summed E-state index contributed by atoms with van der Waals surface area (Å²) in [5.74, 6) is 3.25. The van der Waals surface area contributed by atoms with Crippen molar-refractivity contribution >= 4 is 11.6 Å². The average molecular weight is 478 g/mol. The highest BCUT2D eigenvalue weighted by Gasteiger charge is 2.41. The molecule has 3 nitrogen and oxygen atoms in total. The van der Waals surface area contributed by atoms with E-state index in [1.807, 2.05) is 0 Å². The fourth-order valence-electron chi connectivity index (χ4n) is 7.83. The highest BCUT2D eigenvalue weighted by molar-refractivity contribution is 6.20. The first-order chi connectivity index (χ1) is 15.7. The van der Waals surface area contributed by atoms with Crippen molar-refractivity contribution in [3.63, 3.8) is 0 Å². The van der Waals surface area contributed by atoms with Gasteiger partial charge < -0.3 is 15.1 Å².